The largest absolute Gasteiger partial charge is 0.439 e. The lowest BCUT2D eigenvalue weighted by atomic mass is 10.3. The van der Waals surface area contributed by atoms with Crippen molar-refractivity contribution in [3.63, 3.8) is 0 Å². The SMILES string of the molecule is Nc1cccc2oc(CN3CCNC(=O)C3)nc12. The Morgan fingerprint density at radius 2 is 2.39 bits per heavy atom. The second-order valence-electron chi connectivity index (χ2n) is 4.36. The topological polar surface area (TPSA) is 84.4 Å². The minimum absolute atomic E-state index is 0.0388. The van der Waals surface area contributed by atoms with E-state index in [1.54, 1.807) is 6.07 Å². The average molecular weight is 246 g/mol. The number of anilines is 1. The summed E-state index contributed by atoms with van der Waals surface area (Å²) >= 11 is 0. The summed E-state index contributed by atoms with van der Waals surface area (Å²) in [4.78, 5) is 17.6. The molecule has 1 fully saturated rings. The summed E-state index contributed by atoms with van der Waals surface area (Å²) in [6.07, 6.45) is 0. The number of oxazole rings is 1. The van der Waals surface area contributed by atoms with Gasteiger partial charge in [-0.3, -0.25) is 9.69 Å². The molecule has 0 radical (unpaired) electrons. The summed E-state index contributed by atoms with van der Waals surface area (Å²) in [6.45, 7) is 2.39. The molecule has 0 unspecified atom stereocenters. The number of fused-ring (bicyclic) bond motifs is 1. The molecule has 0 spiro atoms. The predicted octanol–water partition coefficient (Wildman–Crippen LogP) is 0.342. The number of rotatable bonds is 2. The first-order chi connectivity index (χ1) is 8.72. The third kappa shape index (κ3) is 2.02. The van der Waals surface area contributed by atoms with Gasteiger partial charge in [-0.2, -0.15) is 0 Å². The van der Waals surface area contributed by atoms with Crippen LogP contribution in [0, 0.1) is 0 Å². The number of para-hydroxylation sites is 1. The Labute approximate surface area is 104 Å². The molecule has 3 N–H and O–H groups in total. The summed E-state index contributed by atoms with van der Waals surface area (Å²) < 4.78 is 5.62. The smallest absolute Gasteiger partial charge is 0.234 e. The van der Waals surface area contributed by atoms with Crippen molar-refractivity contribution in [2.75, 3.05) is 25.4 Å². The number of hydrogen-bond donors (Lipinski definition) is 2. The highest BCUT2D eigenvalue weighted by atomic mass is 16.3. The van der Waals surface area contributed by atoms with Crippen molar-refractivity contribution in [3.8, 4) is 0 Å². The van der Waals surface area contributed by atoms with Gasteiger partial charge in [0.25, 0.3) is 0 Å². The van der Waals surface area contributed by atoms with Gasteiger partial charge in [0.2, 0.25) is 11.8 Å². The van der Waals surface area contributed by atoms with Gasteiger partial charge in [0, 0.05) is 13.1 Å². The van der Waals surface area contributed by atoms with Crippen molar-refractivity contribution < 1.29 is 9.21 Å². The molecule has 94 valence electrons. The van der Waals surface area contributed by atoms with Crippen LogP contribution >= 0.6 is 0 Å². The van der Waals surface area contributed by atoms with Crippen LogP contribution in [0.4, 0.5) is 5.69 Å². The standard InChI is InChI=1S/C12H14N4O2/c13-8-2-1-3-9-12(8)15-11(18-9)7-16-5-4-14-10(17)6-16/h1-3H,4-7,13H2,(H,14,17). The number of nitrogens with zero attached hydrogens (tertiary/aromatic N) is 2. The van der Waals surface area contributed by atoms with Gasteiger partial charge in [0.1, 0.15) is 5.52 Å². The van der Waals surface area contributed by atoms with Gasteiger partial charge in [-0.15, -0.1) is 0 Å². The fourth-order valence-corrected chi connectivity index (χ4v) is 2.10. The van der Waals surface area contributed by atoms with Crippen LogP contribution in [0.25, 0.3) is 11.1 Å². The van der Waals surface area contributed by atoms with Crippen LogP contribution in [0.15, 0.2) is 22.6 Å². The van der Waals surface area contributed by atoms with Crippen LogP contribution in [-0.2, 0) is 11.3 Å². The highest BCUT2D eigenvalue weighted by molar-refractivity contribution is 5.85. The quantitative estimate of drug-likeness (QED) is 0.746. The molecule has 0 bridgehead atoms. The maximum absolute atomic E-state index is 11.3. The molecular formula is C12H14N4O2. The minimum atomic E-state index is 0.0388. The van der Waals surface area contributed by atoms with Gasteiger partial charge in [-0.1, -0.05) is 6.07 Å². The van der Waals surface area contributed by atoms with E-state index in [0.717, 1.165) is 6.54 Å². The van der Waals surface area contributed by atoms with Crippen molar-refractivity contribution in [3.05, 3.63) is 24.1 Å². The van der Waals surface area contributed by atoms with Crippen LogP contribution in [0.1, 0.15) is 5.89 Å². The first-order valence-corrected chi connectivity index (χ1v) is 5.85. The molecule has 18 heavy (non-hydrogen) atoms. The zero-order valence-electron chi connectivity index (χ0n) is 9.85. The molecule has 1 saturated heterocycles. The van der Waals surface area contributed by atoms with Crippen molar-refractivity contribution >= 4 is 22.7 Å². The Morgan fingerprint density at radius 1 is 1.50 bits per heavy atom. The molecule has 2 heterocycles. The second-order valence-corrected chi connectivity index (χ2v) is 4.36. The van der Waals surface area contributed by atoms with E-state index in [0.29, 0.717) is 42.3 Å². The highest BCUT2D eigenvalue weighted by Gasteiger charge is 2.18. The Morgan fingerprint density at radius 3 is 3.17 bits per heavy atom. The lowest BCUT2D eigenvalue weighted by Gasteiger charge is -2.24. The number of nitrogen functional groups attached to an aromatic ring is 1. The number of hydrogen-bond acceptors (Lipinski definition) is 5. The number of aromatic nitrogens is 1. The van der Waals surface area contributed by atoms with Crippen molar-refractivity contribution in [1.82, 2.24) is 15.2 Å². The van der Waals surface area contributed by atoms with E-state index in [1.165, 1.54) is 0 Å². The molecule has 0 aliphatic carbocycles. The summed E-state index contributed by atoms with van der Waals surface area (Å²) in [7, 11) is 0. The summed E-state index contributed by atoms with van der Waals surface area (Å²) in [5.41, 5.74) is 7.81. The Balaban J connectivity index is 1.82. The molecular weight excluding hydrogens is 232 g/mol. The molecule has 0 saturated carbocycles. The lowest BCUT2D eigenvalue weighted by molar-refractivity contribution is -0.124. The van der Waals surface area contributed by atoms with E-state index < -0.39 is 0 Å². The Hall–Kier alpha value is -2.08. The number of piperazine rings is 1. The maximum Gasteiger partial charge on any atom is 0.234 e. The number of carbonyl (C=O) groups excluding carboxylic acids is 1. The van der Waals surface area contributed by atoms with Crippen LogP contribution in [-0.4, -0.2) is 35.4 Å². The fourth-order valence-electron chi connectivity index (χ4n) is 2.10. The van der Waals surface area contributed by atoms with Gasteiger partial charge in [-0.05, 0) is 12.1 Å². The molecule has 2 aromatic rings. The zero-order chi connectivity index (χ0) is 12.5. The summed E-state index contributed by atoms with van der Waals surface area (Å²) in [5, 5.41) is 2.78. The van der Waals surface area contributed by atoms with E-state index in [1.807, 2.05) is 17.0 Å². The van der Waals surface area contributed by atoms with Gasteiger partial charge in [-0.25, -0.2) is 4.98 Å². The first-order valence-electron chi connectivity index (χ1n) is 5.85. The maximum atomic E-state index is 11.3. The van der Waals surface area contributed by atoms with Crippen molar-refractivity contribution in [2.45, 2.75) is 6.54 Å². The minimum Gasteiger partial charge on any atom is -0.439 e. The van der Waals surface area contributed by atoms with E-state index in [2.05, 4.69) is 10.3 Å². The molecule has 6 nitrogen and oxygen atoms in total. The number of nitrogens with two attached hydrogens (primary N) is 1. The predicted molar refractivity (Wildman–Crippen MR) is 66.7 cm³/mol. The monoisotopic (exact) mass is 246 g/mol. The second kappa shape index (κ2) is 4.30. The van der Waals surface area contributed by atoms with Crippen molar-refractivity contribution in [2.24, 2.45) is 0 Å². The Kier molecular flexibility index (Phi) is 2.64. The van der Waals surface area contributed by atoms with E-state index in [-0.39, 0.29) is 5.91 Å². The molecule has 0 atom stereocenters. The molecule has 1 aliphatic heterocycles. The number of amides is 1. The highest BCUT2D eigenvalue weighted by Crippen LogP contribution is 2.21. The van der Waals surface area contributed by atoms with Crippen LogP contribution in [0.3, 0.4) is 0 Å². The van der Waals surface area contributed by atoms with E-state index >= 15 is 0 Å². The first kappa shape index (κ1) is 11.0. The zero-order valence-corrected chi connectivity index (χ0v) is 9.85. The summed E-state index contributed by atoms with van der Waals surface area (Å²) in [6, 6.07) is 5.47. The van der Waals surface area contributed by atoms with E-state index in [4.69, 9.17) is 10.2 Å². The van der Waals surface area contributed by atoms with E-state index in [9.17, 15) is 4.79 Å². The molecule has 6 heteroatoms. The third-order valence-electron chi connectivity index (χ3n) is 2.97. The lowest BCUT2D eigenvalue weighted by Crippen LogP contribution is -2.47. The number of nitrogens with one attached hydrogen (secondary N) is 1. The van der Waals surface area contributed by atoms with Gasteiger partial charge < -0.3 is 15.5 Å². The average Bonchev–Trinajstić information content (AvgIpc) is 2.73. The van der Waals surface area contributed by atoms with Gasteiger partial charge in [0.15, 0.2) is 5.58 Å². The molecule has 1 aromatic heterocycles. The van der Waals surface area contributed by atoms with Crippen LogP contribution in [0.5, 0.6) is 0 Å². The Bertz CT molecular complexity index is 593. The molecule has 1 aromatic carbocycles. The van der Waals surface area contributed by atoms with Gasteiger partial charge in [0.05, 0.1) is 18.8 Å². The number of carbonyl (C=O) groups is 1. The number of benzene rings is 1. The fraction of sp³-hybridized carbons (Fsp3) is 0.333. The third-order valence-corrected chi connectivity index (χ3v) is 2.97. The molecule has 1 aliphatic rings. The molecule has 1 amide bonds. The van der Waals surface area contributed by atoms with Crippen LogP contribution < -0.4 is 11.1 Å². The van der Waals surface area contributed by atoms with Crippen LogP contribution in [0.2, 0.25) is 0 Å². The van der Waals surface area contributed by atoms with Crippen molar-refractivity contribution in [1.29, 1.82) is 0 Å². The van der Waals surface area contributed by atoms with Gasteiger partial charge >= 0.3 is 0 Å². The summed E-state index contributed by atoms with van der Waals surface area (Å²) in [5.74, 6) is 0.634. The molecule has 3 rings (SSSR count). The normalized spacial score (nSPS) is 17.0.